The summed E-state index contributed by atoms with van der Waals surface area (Å²) in [5.74, 6) is 2.47. The van der Waals surface area contributed by atoms with E-state index in [1.54, 1.807) is 14.0 Å². The summed E-state index contributed by atoms with van der Waals surface area (Å²) >= 11 is 0. The maximum absolute atomic E-state index is 13.5. The van der Waals surface area contributed by atoms with Crippen molar-refractivity contribution in [1.29, 1.82) is 0 Å². The van der Waals surface area contributed by atoms with Crippen molar-refractivity contribution in [3.8, 4) is 28.4 Å². The molecule has 38 heavy (non-hydrogen) atoms. The SMILES string of the molecule is CNCC(O)COc1cccc(-c2nc(CC3CCN(CC(C)F)CC3)c(C)c(-c3c(C)noc3C)n2)c1. The number of aromatic nitrogens is 3. The van der Waals surface area contributed by atoms with Crippen molar-refractivity contribution in [3.05, 3.63) is 47.0 Å². The molecule has 0 radical (unpaired) electrons. The van der Waals surface area contributed by atoms with E-state index in [2.05, 4.69) is 22.3 Å². The second-order valence-corrected chi connectivity index (χ2v) is 10.4. The molecule has 0 bridgehead atoms. The van der Waals surface area contributed by atoms with E-state index in [0.717, 1.165) is 71.9 Å². The number of ether oxygens (including phenoxy) is 1. The van der Waals surface area contributed by atoms with Crippen LogP contribution in [0, 0.1) is 26.7 Å². The van der Waals surface area contributed by atoms with Gasteiger partial charge in [0.15, 0.2) is 5.82 Å². The zero-order valence-corrected chi connectivity index (χ0v) is 23.1. The topological polar surface area (TPSA) is 96.5 Å². The maximum Gasteiger partial charge on any atom is 0.160 e. The molecule has 0 saturated carbocycles. The first-order valence-electron chi connectivity index (χ1n) is 13.5. The number of hydrogen-bond donors (Lipinski definition) is 2. The lowest BCUT2D eigenvalue weighted by Crippen LogP contribution is -2.37. The van der Waals surface area contributed by atoms with Gasteiger partial charge in [0.1, 0.15) is 30.4 Å². The zero-order valence-electron chi connectivity index (χ0n) is 23.1. The number of benzene rings is 1. The summed E-state index contributed by atoms with van der Waals surface area (Å²) in [6.45, 7) is 10.5. The van der Waals surface area contributed by atoms with Gasteiger partial charge in [-0.05, 0) is 90.7 Å². The molecule has 3 heterocycles. The third-order valence-corrected chi connectivity index (χ3v) is 7.19. The highest BCUT2D eigenvalue weighted by Gasteiger charge is 2.25. The smallest absolute Gasteiger partial charge is 0.160 e. The van der Waals surface area contributed by atoms with Crippen LogP contribution in [0.5, 0.6) is 5.75 Å². The number of alkyl halides is 1. The first-order chi connectivity index (χ1) is 18.2. The third-order valence-electron chi connectivity index (χ3n) is 7.19. The summed E-state index contributed by atoms with van der Waals surface area (Å²) in [6, 6.07) is 7.66. The Bertz CT molecular complexity index is 1190. The molecule has 2 unspecified atom stereocenters. The molecule has 1 fully saturated rings. The number of likely N-dealkylation sites (N-methyl/N-ethyl adjacent to an activating group) is 1. The summed E-state index contributed by atoms with van der Waals surface area (Å²) < 4.78 is 24.8. The van der Waals surface area contributed by atoms with E-state index in [4.69, 9.17) is 19.2 Å². The Morgan fingerprint density at radius 2 is 1.97 bits per heavy atom. The summed E-state index contributed by atoms with van der Waals surface area (Å²) in [7, 11) is 1.79. The highest BCUT2D eigenvalue weighted by atomic mass is 19.1. The Morgan fingerprint density at radius 3 is 2.63 bits per heavy atom. The average molecular weight is 526 g/mol. The second kappa shape index (κ2) is 12.8. The van der Waals surface area contributed by atoms with Crippen LogP contribution in [-0.4, -0.2) is 77.2 Å². The second-order valence-electron chi connectivity index (χ2n) is 10.4. The van der Waals surface area contributed by atoms with Gasteiger partial charge in [-0.2, -0.15) is 0 Å². The van der Waals surface area contributed by atoms with Crippen molar-refractivity contribution in [1.82, 2.24) is 25.3 Å². The van der Waals surface area contributed by atoms with Crippen LogP contribution in [0.2, 0.25) is 0 Å². The number of halogens is 1. The van der Waals surface area contributed by atoms with E-state index in [-0.39, 0.29) is 6.61 Å². The zero-order chi connectivity index (χ0) is 27.2. The Balaban J connectivity index is 1.64. The lowest BCUT2D eigenvalue weighted by Gasteiger charge is -2.32. The van der Waals surface area contributed by atoms with E-state index in [0.29, 0.717) is 30.6 Å². The Labute approximate surface area is 224 Å². The predicted octanol–water partition coefficient (Wildman–Crippen LogP) is 4.30. The van der Waals surface area contributed by atoms with Gasteiger partial charge in [-0.3, -0.25) is 0 Å². The van der Waals surface area contributed by atoms with Gasteiger partial charge in [-0.15, -0.1) is 0 Å². The summed E-state index contributed by atoms with van der Waals surface area (Å²) in [6.07, 6.45) is 1.47. The molecule has 0 spiro atoms. The highest BCUT2D eigenvalue weighted by molar-refractivity contribution is 5.71. The fourth-order valence-corrected chi connectivity index (χ4v) is 5.17. The summed E-state index contributed by atoms with van der Waals surface area (Å²) in [5.41, 5.74) is 5.42. The maximum atomic E-state index is 13.5. The molecule has 1 saturated heterocycles. The minimum Gasteiger partial charge on any atom is -0.491 e. The molecule has 9 heteroatoms. The van der Waals surface area contributed by atoms with Crippen LogP contribution >= 0.6 is 0 Å². The van der Waals surface area contributed by atoms with Gasteiger partial charge >= 0.3 is 0 Å². The molecular formula is C29H40FN5O3. The van der Waals surface area contributed by atoms with Crippen molar-refractivity contribution in [2.75, 3.05) is 39.8 Å². The van der Waals surface area contributed by atoms with E-state index in [1.165, 1.54) is 0 Å². The number of aryl methyl sites for hydroxylation is 2. The summed E-state index contributed by atoms with van der Waals surface area (Å²) in [4.78, 5) is 12.3. The molecule has 2 N–H and O–H groups in total. The largest absolute Gasteiger partial charge is 0.491 e. The quantitative estimate of drug-likeness (QED) is 0.383. The predicted molar refractivity (Wildman–Crippen MR) is 146 cm³/mol. The molecular weight excluding hydrogens is 485 g/mol. The minimum absolute atomic E-state index is 0.189. The van der Waals surface area contributed by atoms with Crippen LogP contribution in [0.15, 0.2) is 28.8 Å². The van der Waals surface area contributed by atoms with Crippen molar-refractivity contribution >= 4 is 0 Å². The fraction of sp³-hybridized carbons (Fsp3) is 0.552. The molecule has 4 rings (SSSR count). The van der Waals surface area contributed by atoms with E-state index in [1.807, 2.05) is 38.1 Å². The molecule has 1 aliphatic rings. The molecule has 206 valence electrons. The van der Waals surface area contributed by atoms with Crippen LogP contribution in [0.25, 0.3) is 22.6 Å². The van der Waals surface area contributed by atoms with Crippen molar-refractivity contribution < 1.29 is 18.8 Å². The van der Waals surface area contributed by atoms with E-state index >= 15 is 0 Å². The number of piperidine rings is 1. The standard InChI is InChI=1S/C29H40FN5O3/c1-18(30)16-35-11-9-22(10-12-35)13-26-19(2)28(27-20(3)34-38-21(27)4)33-29(32-26)23-7-6-8-25(14-23)37-17-24(36)15-31-5/h6-8,14,18,22,24,31,36H,9-13,15-17H2,1-5H3. The number of hydrogen-bond acceptors (Lipinski definition) is 8. The van der Waals surface area contributed by atoms with Gasteiger partial charge < -0.3 is 24.6 Å². The molecule has 3 aromatic rings. The van der Waals surface area contributed by atoms with Crippen LogP contribution in [0.4, 0.5) is 4.39 Å². The molecule has 8 nitrogen and oxygen atoms in total. The fourth-order valence-electron chi connectivity index (χ4n) is 5.17. The van der Waals surface area contributed by atoms with Gasteiger partial charge in [0.2, 0.25) is 0 Å². The molecule has 0 amide bonds. The number of rotatable bonds is 11. The van der Waals surface area contributed by atoms with Crippen LogP contribution in [0.3, 0.4) is 0 Å². The van der Waals surface area contributed by atoms with Gasteiger partial charge in [0.05, 0.1) is 17.0 Å². The van der Waals surface area contributed by atoms with Gasteiger partial charge in [-0.1, -0.05) is 17.3 Å². The van der Waals surface area contributed by atoms with Crippen LogP contribution in [-0.2, 0) is 6.42 Å². The number of nitrogens with one attached hydrogen (secondary N) is 1. The number of nitrogens with zero attached hydrogens (tertiary/aromatic N) is 4. The molecule has 0 aliphatic carbocycles. The van der Waals surface area contributed by atoms with E-state index < -0.39 is 12.3 Å². The third kappa shape index (κ3) is 6.95. The van der Waals surface area contributed by atoms with Crippen LogP contribution in [0.1, 0.15) is 42.5 Å². The van der Waals surface area contributed by atoms with E-state index in [9.17, 15) is 9.50 Å². The lowest BCUT2D eigenvalue weighted by molar-refractivity contribution is 0.108. The monoisotopic (exact) mass is 525 g/mol. The lowest BCUT2D eigenvalue weighted by atomic mass is 9.89. The molecule has 1 aromatic carbocycles. The Hall–Kier alpha value is -2.88. The molecule has 1 aliphatic heterocycles. The number of likely N-dealkylation sites (tertiary alicyclic amines) is 1. The van der Waals surface area contributed by atoms with Gasteiger partial charge in [0, 0.05) is 24.3 Å². The molecule has 2 aromatic heterocycles. The van der Waals surface area contributed by atoms with Crippen molar-refractivity contribution in [2.24, 2.45) is 5.92 Å². The molecule has 2 atom stereocenters. The summed E-state index contributed by atoms with van der Waals surface area (Å²) in [5, 5.41) is 17.1. The first-order valence-corrected chi connectivity index (χ1v) is 13.5. The van der Waals surface area contributed by atoms with Crippen molar-refractivity contribution in [3.63, 3.8) is 0 Å². The normalized spacial score (nSPS) is 16.5. The first kappa shape index (κ1) is 28.1. The van der Waals surface area contributed by atoms with Crippen LogP contribution < -0.4 is 10.1 Å². The Morgan fingerprint density at radius 1 is 1.21 bits per heavy atom. The average Bonchev–Trinajstić information content (AvgIpc) is 3.22. The number of aliphatic hydroxyl groups is 1. The highest BCUT2D eigenvalue weighted by Crippen LogP contribution is 2.33. The minimum atomic E-state index is -0.804. The van der Waals surface area contributed by atoms with Crippen molar-refractivity contribution in [2.45, 2.75) is 59.2 Å². The van der Waals surface area contributed by atoms with Gasteiger partial charge in [-0.25, -0.2) is 14.4 Å². The number of aliphatic hydroxyl groups excluding tert-OH is 1. The Kier molecular flexibility index (Phi) is 9.46. The van der Waals surface area contributed by atoms with Gasteiger partial charge in [0.25, 0.3) is 0 Å².